The SMILES string of the molecule is CC(CO)CNS(=O)(=O)c1cc(C(=O)O)n(C)c1. The molecule has 0 aromatic carbocycles. The van der Waals surface area contributed by atoms with Crippen molar-refractivity contribution >= 4 is 16.0 Å². The molecule has 0 radical (unpaired) electrons. The zero-order valence-electron chi connectivity index (χ0n) is 10.1. The molecule has 0 saturated carbocycles. The van der Waals surface area contributed by atoms with Gasteiger partial charge in [-0.3, -0.25) is 0 Å². The summed E-state index contributed by atoms with van der Waals surface area (Å²) in [5, 5.41) is 17.6. The van der Waals surface area contributed by atoms with Crippen molar-refractivity contribution in [3.05, 3.63) is 18.0 Å². The lowest BCUT2D eigenvalue weighted by molar-refractivity contribution is 0.0686. The third-order valence-corrected chi connectivity index (χ3v) is 3.83. The van der Waals surface area contributed by atoms with Gasteiger partial charge < -0.3 is 14.8 Å². The fraction of sp³-hybridized carbons (Fsp3) is 0.500. The molecule has 1 atom stereocenters. The molecule has 7 nitrogen and oxygen atoms in total. The van der Waals surface area contributed by atoms with Gasteiger partial charge in [0.05, 0.1) is 0 Å². The van der Waals surface area contributed by atoms with Crippen LogP contribution in [0.2, 0.25) is 0 Å². The van der Waals surface area contributed by atoms with Crippen LogP contribution in [0.3, 0.4) is 0 Å². The van der Waals surface area contributed by atoms with Crippen LogP contribution in [0.4, 0.5) is 0 Å². The Hall–Kier alpha value is -1.38. The number of sulfonamides is 1. The smallest absolute Gasteiger partial charge is 0.352 e. The molecule has 1 heterocycles. The first-order chi connectivity index (χ1) is 8.27. The molecule has 0 aliphatic carbocycles. The average molecular weight is 276 g/mol. The number of aryl methyl sites for hydroxylation is 1. The van der Waals surface area contributed by atoms with Gasteiger partial charge in [-0.25, -0.2) is 17.9 Å². The van der Waals surface area contributed by atoms with Crippen LogP contribution >= 0.6 is 0 Å². The van der Waals surface area contributed by atoms with Crippen LogP contribution in [0, 0.1) is 5.92 Å². The van der Waals surface area contributed by atoms with E-state index in [2.05, 4.69) is 4.72 Å². The van der Waals surface area contributed by atoms with E-state index >= 15 is 0 Å². The molecule has 102 valence electrons. The summed E-state index contributed by atoms with van der Waals surface area (Å²) in [4.78, 5) is 10.7. The molecule has 0 bridgehead atoms. The summed E-state index contributed by atoms with van der Waals surface area (Å²) >= 11 is 0. The number of nitrogens with one attached hydrogen (secondary N) is 1. The number of rotatable bonds is 6. The molecular weight excluding hydrogens is 260 g/mol. The number of carbonyl (C=O) groups is 1. The lowest BCUT2D eigenvalue weighted by Gasteiger charge is -2.08. The van der Waals surface area contributed by atoms with E-state index in [1.165, 1.54) is 17.8 Å². The number of aliphatic hydroxyl groups excluding tert-OH is 1. The third kappa shape index (κ3) is 3.31. The van der Waals surface area contributed by atoms with E-state index in [0.29, 0.717) is 0 Å². The number of aliphatic hydroxyl groups is 1. The van der Waals surface area contributed by atoms with Crippen molar-refractivity contribution in [3.8, 4) is 0 Å². The minimum absolute atomic E-state index is 0.0934. The first kappa shape index (κ1) is 14.7. The largest absolute Gasteiger partial charge is 0.477 e. The summed E-state index contributed by atoms with van der Waals surface area (Å²) in [6.07, 6.45) is 1.23. The minimum atomic E-state index is -3.75. The zero-order valence-corrected chi connectivity index (χ0v) is 10.9. The van der Waals surface area contributed by atoms with Crippen LogP contribution in [0.15, 0.2) is 17.2 Å². The highest BCUT2D eigenvalue weighted by Crippen LogP contribution is 2.13. The summed E-state index contributed by atoms with van der Waals surface area (Å²) in [7, 11) is -2.29. The number of aromatic nitrogens is 1. The number of hydrogen-bond acceptors (Lipinski definition) is 4. The standard InChI is InChI=1S/C10H16N2O5S/c1-7(6-13)4-11-18(16,17)8-3-9(10(14)15)12(2)5-8/h3,5,7,11,13H,4,6H2,1-2H3,(H,14,15). The van der Waals surface area contributed by atoms with Crippen molar-refractivity contribution in [1.29, 1.82) is 0 Å². The number of carboxylic acid groups (broad SMARTS) is 1. The van der Waals surface area contributed by atoms with E-state index in [1.807, 2.05) is 0 Å². The van der Waals surface area contributed by atoms with Crippen molar-refractivity contribution in [1.82, 2.24) is 9.29 Å². The van der Waals surface area contributed by atoms with Crippen molar-refractivity contribution in [2.75, 3.05) is 13.2 Å². The third-order valence-electron chi connectivity index (χ3n) is 2.44. The molecule has 1 aromatic rings. The molecule has 0 spiro atoms. The summed E-state index contributed by atoms with van der Waals surface area (Å²) in [6.45, 7) is 1.66. The van der Waals surface area contributed by atoms with E-state index in [0.717, 1.165) is 6.07 Å². The lowest BCUT2D eigenvalue weighted by Crippen LogP contribution is -2.29. The summed E-state index contributed by atoms with van der Waals surface area (Å²) in [5.74, 6) is -1.40. The van der Waals surface area contributed by atoms with Crippen LogP contribution in [-0.4, -0.2) is 42.3 Å². The maximum Gasteiger partial charge on any atom is 0.352 e. The average Bonchev–Trinajstić information content (AvgIpc) is 2.69. The first-order valence-electron chi connectivity index (χ1n) is 5.28. The van der Waals surface area contributed by atoms with Crippen LogP contribution in [0.25, 0.3) is 0 Å². The number of aromatic carboxylic acids is 1. The second kappa shape index (κ2) is 5.51. The van der Waals surface area contributed by atoms with Crippen LogP contribution in [0.1, 0.15) is 17.4 Å². The molecule has 0 amide bonds. The highest BCUT2D eigenvalue weighted by atomic mass is 32.2. The lowest BCUT2D eigenvalue weighted by atomic mass is 10.2. The highest BCUT2D eigenvalue weighted by molar-refractivity contribution is 7.89. The fourth-order valence-corrected chi connectivity index (χ4v) is 2.53. The Labute approximate surface area is 105 Å². The van der Waals surface area contributed by atoms with Gasteiger partial charge in [0.15, 0.2) is 0 Å². The predicted octanol–water partition coefficient (Wildman–Crippen LogP) is -0.370. The van der Waals surface area contributed by atoms with Gasteiger partial charge in [-0.1, -0.05) is 6.92 Å². The Kier molecular flexibility index (Phi) is 4.49. The number of hydrogen-bond donors (Lipinski definition) is 3. The van der Waals surface area contributed by atoms with Gasteiger partial charge in [-0.15, -0.1) is 0 Å². The molecule has 1 aromatic heterocycles. The number of carboxylic acids is 1. The molecule has 18 heavy (non-hydrogen) atoms. The van der Waals surface area contributed by atoms with E-state index < -0.39 is 16.0 Å². The molecule has 0 saturated heterocycles. The second-order valence-electron chi connectivity index (χ2n) is 4.12. The molecular formula is C10H16N2O5S. The molecule has 3 N–H and O–H groups in total. The van der Waals surface area contributed by atoms with Gasteiger partial charge in [0.1, 0.15) is 10.6 Å². The Morgan fingerprint density at radius 2 is 2.17 bits per heavy atom. The van der Waals surface area contributed by atoms with E-state index in [9.17, 15) is 13.2 Å². The van der Waals surface area contributed by atoms with Crippen molar-refractivity contribution < 1.29 is 23.4 Å². The Morgan fingerprint density at radius 1 is 1.56 bits per heavy atom. The molecule has 8 heteroatoms. The fourth-order valence-electron chi connectivity index (χ4n) is 1.29. The topological polar surface area (TPSA) is 109 Å². The zero-order chi connectivity index (χ0) is 13.9. The molecule has 0 fully saturated rings. The van der Waals surface area contributed by atoms with E-state index in [1.54, 1.807) is 6.92 Å². The molecule has 1 unspecified atom stereocenters. The molecule has 0 aliphatic rings. The van der Waals surface area contributed by atoms with Gasteiger partial charge in [0.25, 0.3) is 0 Å². The summed E-state index contributed by atoms with van der Waals surface area (Å²) in [5.41, 5.74) is -0.106. The number of nitrogens with zero attached hydrogens (tertiary/aromatic N) is 1. The van der Waals surface area contributed by atoms with Crippen LogP contribution in [0.5, 0.6) is 0 Å². The summed E-state index contributed by atoms with van der Waals surface area (Å²) < 4.78 is 27.2. The second-order valence-corrected chi connectivity index (χ2v) is 5.88. The van der Waals surface area contributed by atoms with Gasteiger partial charge in [-0.05, 0) is 12.0 Å². The summed E-state index contributed by atoms with van der Waals surface area (Å²) in [6, 6.07) is 1.09. The maximum atomic E-state index is 11.8. The Balaban J connectivity index is 2.92. The van der Waals surface area contributed by atoms with E-state index in [-0.39, 0.29) is 29.7 Å². The van der Waals surface area contributed by atoms with Crippen molar-refractivity contribution in [2.45, 2.75) is 11.8 Å². The molecule has 0 aliphatic heterocycles. The predicted molar refractivity (Wildman–Crippen MR) is 63.8 cm³/mol. The normalized spacial score (nSPS) is 13.5. The van der Waals surface area contributed by atoms with Gasteiger partial charge >= 0.3 is 5.97 Å². The van der Waals surface area contributed by atoms with Crippen LogP contribution < -0.4 is 4.72 Å². The highest BCUT2D eigenvalue weighted by Gasteiger charge is 2.20. The van der Waals surface area contributed by atoms with Crippen molar-refractivity contribution in [3.63, 3.8) is 0 Å². The Morgan fingerprint density at radius 3 is 2.61 bits per heavy atom. The quantitative estimate of drug-likeness (QED) is 0.657. The molecule has 1 rings (SSSR count). The van der Waals surface area contributed by atoms with Gasteiger partial charge in [0.2, 0.25) is 10.0 Å². The minimum Gasteiger partial charge on any atom is -0.477 e. The monoisotopic (exact) mass is 276 g/mol. The van der Waals surface area contributed by atoms with Gasteiger partial charge in [-0.2, -0.15) is 0 Å². The Bertz CT molecular complexity index is 534. The van der Waals surface area contributed by atoms with Gasteiger partial charge in [0, 0.05) is 26.4 Å². The van der Waals surface area contributed by atoms with E-state index in [4.69, 9.17) is 10.2 Å². The van der Waals surface area contributed by atoms with Crippen molar-refractivity contribution in [2.24, 2.45) is 13.0 Å². The maximum absolute atomic E-state index is 11.8. The van der Waals surface area contributed by atoms with Crippen LogP contribution in [-0.2, 0) is 17.1 Å². The first-order valence-corrected chi connectivity index (χ1v) is 6.76.